The van der Waals surface area contributed by atoms with E-state index in [1.165, 1.54) is 29.5 Å². The molecule has 0 aliphatic rings. The first-order chi connectivity index (χ1) is 14.4. The number of hydrogen-bond acceptors (Lipinski definition) is 7. The van der Waals surface area contributed by atoms with Crippen molar-refractivity contribution in [1.82, 2.24) is 9.88 Å². The van der Waals surface area contributed by atoms with E-state index in [4.69, 9.17) is 4.74 Å². The number of nitrogens with zero attached hydrogens (tertiary/aromatic N) is 4. The Labute approximate surface area is 178 Å². The molecule has 1 amide bonds. The van der Waals surface area contributed by atoms with Crippen LogP contribution in [0.15, 0.2) is 48.5 Å². The molecule has 3 rings (SSSR count). The first-order valence-corrected chi connectivity index (χ1v) is 10.0. The number of amides is 1. The largest absolute Gasteiger partial charge is 0.497 e. The van der Waals surface area contributed by atoms with Crippen LogP contribution >= 0.6 is 11.3 Å². The van der Waals surface area contributed by atoms with E-state index < -0.39 is 4.92 Å². The third kappa shape index (κ3) is 5.19. The molecule has 8 nitrogen and oxygen atoms in total. The maximum Gasteiger partial charge on any atom is 0.270 e. The van der Waals surface area contributed by atoms with Crippen LogP contribution in [0.25, 0.3) is 16.3 Å². The predicted octanol–water partition coefficient (Wildman–Crippen LogP) is 3.82. The van der Waals surface area contributed by atoms with Crippen LogP contribution in [0, 0.1) is 10.1 Å². The van der Waals surface area contributed by atoms with Gasteiger partial charge in [0.1, 0.15) is 5.75 Å². The Balaban J connectivity index is 1.88. The molecule has 30 heavy (non-hydrogen) atoms. The van der Waals surface area contributed by atoms with Gasteiger partial charge >= 0.3 is 0 Å². The maximum atomic E-state index is 13.0. The summed E-state index contributed by atoms with van der Waals surface area (Å²) < 4.78 is 6.19. The number of non-ortho nitro benzene ring substituents is 1. The average molecular weight is 426 g/mol. The van der Waals surface area contributed by atoms with Crippen LogP contribution in [0.4, 0.5) is 10.8 Å². The number of nitro benzene ring substituents is 1. The second kappa shape index (κ2) is 9.47. The minimum Gasteiger partial charge on any atom is -0.497 e. The van der Waals surface area contributed by atoms with E-state index in [-0.39, 0.29) is 11.6 Å². The fourth-order valence-electron chi connectivity index (χ4n) is 2.73. The Hall–Kier alpha value is -3.30. The number of carbonyl (C=O) groups excluding carboxylic acids is 1. The third-order valence-electron chi connectivity index (χ3n) is 4.35. The van der Waals surface area contributed by atoms with E-state index >= 15 is 0 Å². The zero-order valence-corrected chi connectivity index (χ0v) is 17.8. The summed E-state index contributed by atoms with van der Waals surface area (Å²) in [5, 5.41) is 11.5. The van der Waals surface area contributed by atoms with Crippen LogP contribution in [0.3, 0.4) is 0 Å². The fourth-order valence-corrected chi connectivity index (χ4v) is 3.76. The number of anilines is 1. The summed E-state index contributed by atoms with van der Waals surface area (Å²) >= 11 is 1.42. The van der Waals surface area contributed by atoms with Crippen molar-refractivity contribution < 1.29 is 14.5 Å². The Morgan fingerprint density at radius 3 is 2.73 bits per heavy atom. The molecule has 0 aliphatic heterocycles. The third-order valence-corrected chi connectivity index (χ3v) is 5.39. The zero-order valence-electron chi connectivity index (χ0n) is 16.9. The van der Waals surface area contributed by atoms with Crippen molar-refractivity contribution in [2.45, 2.75) is 0 Å². The Bertz CT molecular complexity index is 1090. The number of thiazole rings is 1. The van der Waals surface area contributed by atoms with Crippen LogP contribution in [0.5, 0.6) is 5.75 Å². The Kier molecular flexibility index (Phi) is 6.76. The number of methoxy groups -OCH3 is 1. The van der Waals surface area contributed by atoms with Gasteiger partial charge in [0.05, 0.1) is 22.2 Å². The van der Waals surface area contributed by atoms with Crippen molar-refractivity contribution in [2.24, 2.45) is 0 Å². The van der Waals surface area contributed by atoms with Gasteiger partial charge in [0, 0.05) is 31.3 Å². The van der Waals surface area contributed by atoms with Gasteiger partial charge in [0.15, 0.2) is 5.13 Å². The van der Waals surface area contributed by atoms with Gasteiger partial charge in [-0.2, -0.15) is 0 Å². The molecule has 0 aliphatic carbocycles. The van der Waals surface area contributed by atoms with Crippen molar-refractivity contribution in [3.8, 4) is 5.75 Å². The van der Waals surface area contributed by atoms with E-state index in [1.807, 2.05) is 37.2 Å². The second-order valence-corrected chi connectivity index (χ2v) is 7.82. The van der Waals surface area contributed by atoms with Gasteiger partial charge in [-0.05, 0) is 43.9 Å². The monoisotopic (exact) mass is 426 g/mol. The molecule has 0 atom stereocenters. The van der Waals surface area contributed by atoms with Crippen LogP contribution < -0.4 is 9.64 Å². The highest BCUT2D eigenvalue weighted by atomic mass is 32.1. The molecule has 1 heterocycles. The molecule has 0 saturated carbocycles. The van der Waals surface area contributed by atoms with Gasteiger partial charge in [-0.15, -0.1) is 0 Å². The number of hydrogen-bond donors (Lipinski definition) is 0. The van der Waals surface area contributed by atoms with Crippen LogP contribution in [-0.2, 0) is 4.79 Å². The molecule has 0 fully saturated rings. The lowest BCUT2D eigenvalue weighted by molar-refractivity contribution is -0.384. The summed E-state index contributed by atoms with van der Waals surface area (Å²) in [4.78, 5) is 31.7. The number of rotatable bonds is 8. The van der Waals surface area contributed by atoms with Crippen molar-refractivity contribution in [3.05, 3.63) is 64.2 Å². The van der Waals surface area contributed by atoms with E-state index in [0.717, 1.165) is 16.0 Å². The maximum absolute atomic E-state index is 13.0. The Morgan fingerprint density at radius 1 is 1.23 bits per heavy atom. The van der Waals surface area contributed by atoms with Gasteiger partial charge in [-0.1, -0.05) is 23.5 Å². The highest BCUT2D eigenvalue weighted by Crippen LogP contribution is 2.31. The molecule has 0 N–H and O–H groups in total. The van der Waals surface area contributed by atoms with Crippen molar-refractivity contribution in [2.75, 3.05) is 39.2 Å². The van der Waals surface area contributed by atoms with E-state index in [0.29, 0.717) is 23.8 Å². The van der Waals surface area contributed by atoms with E-state index in [2.05, 4.69) is 4.98 Å². The molecule has 0 bridgehead atoms. The van der Waals surface area contributed by atoms with Crippen LogP contribution in [0.1, 0.15) is 5.56 Å². The molecule has 0 radical (unpaired) electrons. The zero-order chi connectivity index (χ0) is 21.7. The summed E-state index contributed by atoms with van der Waals surface area (Å²) in [5.41, 5.74) is 1.36. The first kappa shape index (κ1) is 21.4. The fraction of sp³-hybridized carbons (Fsp3) is 0.238. The number of nitro groups is 1. The first-order valence-electron chi connectivity index (χ1n) is 9.20. The minimum absolute atomic E-state index is 0.0193. The predicted molar refractivity (Wildman–Crippen MR) is 119 cm³/mol. The highest BCUT2D eigenvalue weighted by Gasteiger charge is 2.18. The molecule has 9 heteroatoms. The number of benzene rings is 2. The lowest BCUT2D eigenvalue weighted by atomic mass is 10.2. The van der Waals surface area contributed by atoms with Crippen LogP contribution in [-0.4, -0.2) is 55.0 Å². The van der Waals surface area contributed by atoms with E-state index in [1.54, 1.807) is 30.2 Å². The minimum atomic E-state index is -0.460. The second-order valence-electron chi connectivity index (χ2n) is 6.81. The number of aromatic nitrogens is 1. The molecular formula is C21H22N4O4S. The number of fused-ring (bicyclic) bond motifs is 1. The topological polar surface area (TPSA) is 88.8 Å². The molecular weight excluding hydrogens is 404 g/mol. The van der Waals surface area contributed by atoms with Crippen molar-refractivity contribution in [3.63, 3.8) is 0 Å². The standard InChI is InChI=1S/C21H22N4O4S/c1-23(2)11-12-24(21-22-18-9-8-17(29-3)14-19(18)30-21)20(26)10-7-15-5-4-6-16(13-15)25(27)28/h4-10,13-14H,11-12H2,1-3H3. The molecule has 0 saturated heterocycles. The molecule has 2 aromatic carbocycles. The van der Waals surface area contributed by atoms with Crippen molar-refractivity contribution >= 4 is 44.4 Å². The molecule has 0 unspecified atom stereocenters. The summed E-state index contributed by atoms with van der Waals surface area (Å²) in [6, 6.07) is 11.7. The lowest BCUT2D eigenvalue weighted by Gasteiger charge is -2.20. The quantitative estimate of drug-likeness (QED) is 0.309. The molecule has 156 valence electrons. The van der Waals surface area contributed by atoms with Gasteiger partial charge in [0.25, 0.3) is 11.6 Å². The van der Waals surface area contributed by atoms with E-state index in [9.17, 15) is 14.9 Å². The summed E-state index contributed by atoms with van der Waals surface area (Å²) in [7, 11) is 5.48. The summed E-state index contributed by atoms with van der Waals surface area (Å²) in [6.07, 6.45) is 3.00. The number of likely N-dealkylation sites (N-methyl/N-ethyl adjacent to an activating group) is 1. The normalized spacial score (nSPS) is 11.3. The number of carbonyl (C=O) groups is 1. The summed E-state index contributed by atoms with van der Waals surface area (Å²) in [5.74, 6) is 0.490. The summed E-state index contributed by atoms with van der Waals surface area (Å²) in [6.45, 7) is 1.12. The van der Waals surface area contributed by atoms with Gasteiger partial charge in [-0.25, -0.2) is 4.98 Å². The average Bonchev–Trinajstić information content (AvgIpc) is 3.15. The van der Waals surface area contributed by atoms with Gasteiger partial charge in [0.2, 0.25) is 0 Å². The van der Waals surface area contributed by atoms with Crippen molar-refractivity contribution in [1.29, 1.82) is 0 Å². The smallest absolute Gasteiger partial charge is 0.270 e. The number of ether oxygens (including phenoxy) is 1. The van der Waals surface area contributed by atoms with Gasteiger partial charge in [-0.3, -0.25) is 19.8 Å². The molecule has 3 aromatic rings. The van der Waals surface area contributed by atoms with Gasteiger partial charge < -0.3 is 9.64 Å². The lowest BCUT2D eigenvalue weighted by Crippen LogP contribution is -2.35. The molecule has 0 spiro atoms. The SMILES string of the molecule is COc1ccc2nc(N(CCN(C)C)C(=O)C=Cc3cccc([N+](=O)[O-])c3)sc2c1. The highest BCUT2D eigenvalue weighted by molar-refractivity contribution is 7.22. The Morgan fingerprint density at radius 2 is 2.03 bits per heavy atom. The van der Waals surface area contributed by atoms with Crippen LogP contribution in [0.2, 0.25) is 0 Å². The molecule has 1 aromatic heterocycles.